The third-order valence-electron chi connectivity index (χ3n) is 4.90. The quantitative estimate of drug-likeness (QED) is 0.765. The molecule has 136 valence electrons. The van der Waals surface area contributed by atoms with Gasteiger partial charge in [0.05, 0.1) is 24.7 Å². The summed E-state index contributed by atoms with van der Waals surface area (Å²) in [6, 6.07) is 12.7. The maximum atomic E-state index is 13.0. The number of halogens is 1. The van der Waals surface area contributed by atoms with Gasteiger partial charge in [-0.2, -0.15) is 0 Å². The van der Waals surface area contributed by atoms with Crippen LogP contribution < -0.4 is 4.74 Å². The zero-order valence-electron chi connectivity index (χ0n) is 14.9. The van der Waals surface area contributed by atoms with Crippen LogP contribution in [0.25, 0.3) is 11.0 Å². The molecule has 3 aromatic rings. The van der Waals surface area contributed by atoms with Crippen molar-refractivity contribution < 1.29 is 9.13 Å². The van der Waals surface area contributed by atoms with Crippen LogP contribution in [0.4, 0.5) is 4.39 Å². The summed E-state index contributed by atoms with van der Waals surface area (Å²) in [6.45, 7) is 5.71. The van der Waals surface area contributed by atoms with Crippen LogP contribution >= 0.6 is 0 Å². The van der Waals surface area contributed by atoms with Gasteiger partial charge < -0.3 is 9.72 Å². The molecule has 0 bridgehead atoms. The van der Waals surface area contributed by atoms with Gasteiger partial charge in [0.25, 0.3) is 0 Å². The van der Waals surface area contributed by atoms with E-state index in [1.54, 1.807) is 7.11 Å². The molecule has 26 heavy (non-hydrogen) atoms. The lowest BCUT2D eigenvalue weighted by atomic mass is 10.2. The van der Waals surface area contributed by atoms with Crippen LogP contribution in [0.1, 0.15) is 11.4 Å². The minimum atomic E-state index is -0.179. The number of fused-ring (bicyclic) bond motifs is 1. The van der Waals surface area contributed by atoms with Crippen LogP contribution in [0, 0.1) is 5.82 Å². The second kappa shape index (κ2) is 7.43. The number of H-pyrrole nitrogens is 1. The SMILES string of the molecule is COc1ccc2nc(CN3CCN(Cc4ccc(F)cc4)CC3)[nH]c2c1. The Hall–Kier alpha value is -2.44. The molecule has 1 saturated heterocycles. The van der Waals surface area contributed by atoms with Gasteiger partial charge in [-0.15, -0.1) is 0 Å². The predicted octanol–water partition coefficient (Wildman–Crippen LogP) is 3.03. The second-order valence-corrected chi connectivity index (χ2v) is 6.75. The largest absolute Gasteiger partial charge is 0.497 e. The van der Waals surface area contributed by atoms with E-state index in [2.05, 4.69) is 19.8 Å². The molecule has 2 heterocycles. The molecule has 0 aliphatic carbocycles. The van der Waals surface area contributed by atoms with Gasteiger partial charge in [0.2, 0.25) is 0 Å². The lowest BCUT2D eigenvalue weighted by molar-refractivity contribution is 0.120. The molecule has 1 N–H and O–H groups in total. The molecule has 1 aromatic heterocycles. The lowest BCUT2D eigenvalue weighted by Gasteiger charge is -2.34. The summed E-state index contributed by atoms with van der Waals surface area (Å²) < 4.78 is 18.3. The number of aromatic nitrogens is 2. The highest BCUT2D eigenvalue weighted by Crippen LogP contribution is 2.19. The smallest absolute Gasteiger partial charge is 0.123 e. The Morgan fingerprint density at radius 3 is 2.38 bits per heavy atom. The van der Waals surface area contributed by atoms with Crippen LogP contribution in [-0.4, -0.2) is 53.1 Å². The number of rotatable bonds is 5. The van der Waals surface area contributed by atoms with Crippen LogP contribution in [-0.2, 0) is 13.1 Å². The van der Waals surface area contributed by atoms with E-state index in [1.165, 1.54) is 12.1 Å². The van der Waals surface area contributed by atoms with Gasteiger partial charge in [0.15, 0.2) is 0 Å². The van der Waals surface area contributed by atoms with Gasteiger partial charge in [0, 0.05) is 38.8 Å². The van der Waals surface area contributed by atoms with E-state index in [9.17, 15) is 4.39 Å². The van der Waals surface area contributed by atoms with Crippen molar-refractivity contribution in [1.29, 1.82) is 0 Å². The number of methoxy groups -OCH3 is 1. The summed E-state index contributed by atoms with van der Waals surface area (Å²) in [5, 5.41) is 0. The fourth-order valence-corrected chi connectivity index (χ4v) is 3.41. The number of imidazole rings is 1. The van der Waals surface area contributed by atoms with Gasteiger partial charge in [-0.25, -0.2) is 9.37 Å². The summed E-state index contributed by atoms with van der Waals surface area (Å²) in [5.74, 6) is 1.64. The highest BCUT2D eigenvalue weighted by molar-refractivity contribution is 5.76. The third kappa shape index (κ3) is 3.86. The fourth-order valence-electron chi connectivity index (χ4n) is 3.41. The minimum absolute atomic E-state index is 0.179. The average Bonchev–Trinajstić information content (AvgIpc) is 3.06. The van der Waals surface area contributed by atoms with Gasteiger partial charge in [-0.05, 0) is 29.8 Å². The van der Waals surface area contributed by atoms with Crippen molar-refractivity contribution in [3.8, 4) is 5.75 Å². The van der Waals surface area contributed by atoms with Crippen molar-refractivity contribution in [2.75, 3.05) is 33.3 Å². The molecule has 6 heteroatoms. The molecule has 5 nitrogen and oxygen atoms in total. The highest BCUT2D eigenvalue weighted by Gasteiger charge is 2.18. The minimum Gasteiger partial charge on any atom is -0.497 e. The third-order valence-corrected chi connectivity index (χ3v) is 4.90. The monoisotopic (exact) mass is 354 g/mol. The Kier molecular flexibility index (Phi) is 4.86. The molecule has 2 aromatic carbocycles. The van der Waals surface area contributed by atoms with Gasteiger partial charge in [0.1, 0.15) is 17.4 Å². The standard InChI is InChI=1S/C20H23FN4O/c1-26-17-6-7-18-19(12-17)23-20(22-18)14-25-10-8-24(9-11-25)13-15-2-4-16(21)5-3-15/h2-7,12H,8-11,13-14H2,1H3,(H,22,23). The number of nitrogens with one attached hydrogen (secondary N) is 1. The summed E-state index contributed by atoms with van der Waals surface area (Å²) in [6.07, 6.45) is 0. The van der Waals surface area contributed by atoms with Gasteiger partial charge >= 0.3 is 0 Å². The molecule has 1 fully saturated rings. The first-order chi connectivity index (χ1) is 12.7. The predicted molar refractivity (Wildman–Crippen MR) is 99.6 cm³/mol. The van der Waals surface area contributed by atoms with Crippen LogP contribution in [0.3, 0.4) is 0 Å². The Morgan fingerprint density at radius 1 is 1.00 bits per heavy atom. The van der Waals surface area contributed by atoms with Crippen LogP contribution in [0.15, 0.2) is 42.5 Å². The van der Waals surface area contributed by atoms with Crippen molar-refractivity contribution in [1.82, 2.24) is 19.8 Å². The fraction of sp³-hybridized carbons (Fsp3) is 0.350. The maximum absolute atomic E-state index is 13.0. The van der Waals surface area contributed by atoms with E-state index >= 15 is 0 Å². The molecule has 0 atom stereocenters. The summed E-state index contributed by atoms with van der Waals surface area (Å²) in [5.41, 5.74) is 3.14. The first kappa shape index (κ1) is 17.0. The van der Waals surface area contributed by atoms with Crippen molar-refractivity contribution in [3.63, 3.8) is 0 Å². The number of piperazine rings is 1. The molecule has 0 radical (unpaired) electrons. The topological polar surface area (TPSA) is 44.4 Å². The van der Waals surface area contributed by atoms with Crippen molar-refractivity contribution in [2.45, 2.75) is 13.1 Å². The van der Waals surface area contributed by atoms with E-state index in [0.717, 1.165) is 67.4 Å². The van der Waals surface area contributed by atoms with Crippen molar-refractivity contribution >= 4 is 11.0 Å². The Labute approximate surface area is 152 Å². The van der Waals surface area contributed by atoms with E-state index < -0.39 is 0 Å². The number of ether oxygens (including phenoxy) is 1. The van der Waals surface area contributed by atoms with Crippen molar-refractivity contribution in [2.24, 2.45) is 0 Å². The molecule has 0 saturated carbocycles. The molecule has 4 rings (SSSR count). The summed E-state index contributed by atoms with van der Waals surface area (Å²) >= 11 is 0. The number of hydrogen-bond acceptors (Lipinski definition) is 4. The summed E-state index contributed by atoms with van der Waals surface area (Å²) in [7, 11) is 1.67. The average molecular weight is 354 g/mol. The maximum Gasteiger partial charge on any atom is 0.123 e. The normalized spacial score (nSPS) is 16.2. The zero-order chi connectivity index (χ0) is 17.9. The van der Waals surface area contributed by atoms with Crippen LogP contribution in [0.5, 0.6) is 5.75 Å². The summed E-state index contributed by atoms with van der Waals surface area (Å²) in [4.78, 5) is 12.9. The first-order valence-corrected chi connectivity index (χ1v) is 8.91. The zero-order valence-corrected chi connectivity index (χ0v) is 14.9. The van der Waals surface area contributed by atoms with E-state index in [1.807, 2.05) is 30.3 Å². The molecule has 1 aliphatic heterocycles. The molecular weight excluding hydrogens is 331 g/mol. The highest BCUT2D eigenvalue weighted by atomic mass is 19.1. The number of aromatic amines is 1. The Bertz CT molecular complexity index is 869. The molecular formula is C20H23FN4O. The Balaban J connectivity index is 1.32. The number of nitrogens with zero attached hydrogens (tertiary/aromatic N) is 3. The first-order valence-electron chi connectivity index (χ1n) is 8.91. The van der Waals surface area contributed by atoms with Gasteiger partial charge in [-0.3, -0.25) is 9.80 Å². The molecule has 1 aliphatic rings. The van der Waals surface area contributed by atoms with E-state index in [4.69, 9.17) is 4.74 Å². The second-order valence-electron chi connectivity index (χ2n) is 6.75. The molecule has 0 spiro atoms. The van der Waals surface area contributed by atoms with E-state index in [-0.39, 0.29) is 5.82 Å². The Morgan fingerprint density at radius 2 is 1.69 bits per heavy atom. The molecule has 0 amide bonds. The van der Waals surface area contributed by atoms with Crippen molar-refractivity contribution in [3.05, 3.63) is 59.7 Å². The van der Waals surface area contributed by atoms with Crippen LogP contribution in [0.2, 0.25) is 0 Å². The van der Waals surface area contributed by atoms with Gasteiger partial charge in [-0.1, -0.05) is 12.1 Å². The number of benzene rings is 2. The molecule has 0 unspecified atom stereocenters. The van der Waals surface area contributed by atoms with E-state index in [0.29, 0.717) is 0 Å². The number of hydrogen-bond donors (Lipinski definition) is 1. The lowest BCUT2D eigenvalue weighted by Crippen LogP contribution is -2.45.